The van der Waals surface area contributed by atoms with Gasteiger partial charge in [0.25, 0.3) is 0 Å². The SMILES string of the molecule is COC(=O)Cc1cc(N)c(NC2CC(C)CC(C)(C)C2)cc1OC. The molecule has 2 atom stereocenters. The predicted molar refractivity (Wildman–Crippen MR) is 97.3 cm³/mol. The molecule has 134 valence electrons. The molecule has 1 fully saturated rings. The average molecular weight is 334 g/mol. The van der Waals surface area contributed by atoms with Crippen molar-refractivity contribution in [1.82, 2.24) is 0 Å². The molecule has 24 heavy (non-hydrogen) atoms. The molecule has 0 aliphatic heterocycles. The van der Waals surface area contributed by atoms with E-state index in [1.807, 2.05) is 6.07 Å². The number of carbonyl (C=O) groups excluding carboxylic acids is 1. The zero-order chi connectivity index (χ0) is 17.9. The number of nitrogen functional groups attached to an aromatic ring is 1. The van der Waals surface area contributed by atoms with Crippen molar-refractivity contribution >= 4 is 17.3 Å². The zero-order valence-electron chi connectivity index (χ0n) is 15.4. The topological polar surface area (TPSA) is 73.6 Å². The van der Waals surface area contributed by atoms with Gasteiger partial charge >= 0.3 is 5.97 Å². The summed E-state index contributed by atoms with van der Waals surface area (Å²) in [5.74, 6) is 1.03. The van der Waals surface area contributed by atoms with E-state index in [0.717, 1.165) is 24.1 Å². The van der Waals surface area contributed by atoms with Crippen molar-refractivity contribution in [3.05, 3.63) is 17.7 Å². The first-order chi connectivity index (χ1) is 11.2. The maximum Gasteiger partial charge on any atom is 0.310 e. The fraction of sp³-hybridized carbons (Fsp3) is 0.632. The van der Waals surface area contributed by atoms with Gasteiger partial charge in [0.05, 0.1) is 32.0 Å². The third-order valence-corrected chi connectivity index (χ3v) is 4.76. The van der Waals surface area contributed by atoms with Crippen LogP contribution < -0.4 is 15.8 Å². The van der Waals surface area contributed by atoms with E-state index in [1.54, 1.807) is 13.2 Å². The number of nitrogens with one attached hydrogen (secondary N) is 1. The second-order valence-electron chi connectivity index (χ2n) is 7.76. The highest BCUT2D eigenvalue weighted by molar-refractivity contribution is 5.77. The highest BCUT2D eigenvalue weighted by Crippen LogP contribution is 2.40. The molecular formula is C19H30N2O3. The Morgan fingerprint density at radius 3 is 2.62 bits per heavy atom. The van der Waals surface area contributed by atoms with E-state index >= 15 is 0 Å². The average Bonchev–Trinajstić information content (AvgIpc) is 2.47. The summed E-state index contributed by atoms with van der Waals surface area (Å²) in [5.41, 5.74) is 8.79. The molecule has 0 amide bonds. The maximum atomic E-state index is 11.5. The Labute approximate surface area is 144 Å². The monoisotopic (exact) mass is 334 g/mol. The molecule has 5 nitrogen and oxygen atoms in total. The number of nitrogens with two attached hydrogens (primary N) is 1. The van der Waals surface area contributed by atoms with Crippen molar-refractivity contribution in [3.63, 3.8) is 0 Å². The van der Waals surface area contributed by atoms with Crippen molar-refractivity contribution in [2.45, 2.75) is 52.5 Å². The number of rotatable bonds is 5. The molecule has 1 aliphatic rings. The van der Waals surface area contributed by atoms with Gasteiger partial charge in [-0.1, -0.05) is 20.8 Å². The number of ether oxygens (including phenoxy) is 2. The number of hydrogen-bond donors (Lipinski definition) is 2. The quantitative estimate of drug-likeness (QED) is 0.635. The molecule has 2 unspecified atom stereocenters. The number of hydrogen-bond acceptors (Lipinski definition) is 5. The number of carbonyl (C=O) groups is 1. The van der Waals surface area contributed by atoms with Gasteiger partial charge in [-0.3, -0.25) is 4.79 Å². The van der Waals surface area contributed by atoms with E-state index < -0.39 is 0 Å². The molecule has 0 spiro atoms. The minimum absolute atomic E-state index is 0.150. The third kappa shape index (κ3) is 4.56. The summed E-state index contributed by atoms with van der Waals surface area (Å²) >= 11 is 0. The first-order valence-electron chi connectivity index (χ1n) is 8.54. The summed E-state index contributed by atoms with van der Waals surface area (Å²) in [4.78, 5) is 11.5. The van der Waals surface area contributed by atoms with E-state index in [1.165, 1.54) is 13.5 Å². The van der Waals surface area contributed by atoms with Gasteiger partial charge in [0.1, 0.15) is 5.75 Å². The lowest BCUT2D eigenvalue weighted by Crippen LogP contribution is -2.35. The summed E-state index contributed by atoms with van der Waals surface area (Å²) in [6.07, 6.45) is 3.65. The van der Waals surface area contributed by atoms with Crippen molar-refractivity contribution in [3.8, 4) is 5.75 Å². The molecule has 1 aliphatic carbocycles. The van der Waals surface area contributed by atoms with E-state index in [0.29, 0.717) is 28.8 Å². The van der Waals surface area contributed by atoms with Crippen molar-refractivity contribution in [2.75, 3.05) is 25.3 Å². The molecule has 1 aromatic rings. The zero-order valence-corrected chi connectivity index (χ0v) is 15.4. The normalized spacial score (nSPS) is 22.7. The van der Waals surface area contributed by atoms with E-state index in [2.05, 4.69) is 26.1 Å². The van der Waals surface area contributed by atoms with Gasteiger partial charge in [-0.15, -0.1) is 0 Å². The van der Waals surface area contributed by atoms with Crippen LogP contribution in [0.5, 0.6) is 5.75 Å². The van der Waals surface area contributed by atoms with Crippen LogP contribution in [0.25, 0.3) is 0 Å². The van der Waals surface area contributed by atoms with E-state index in [9.17, 15) is 4.79 Å². The van der Waals surface area contributed by atoms with Crippen molar-refractivity contribution in [1.29, 1.82) is 0 Å². The molecule has 1 saturated carbocycles. The van der Waals surface area contributed by atoms with Gasteiger partial charge in [0.2, 0.25) is 0 Å². The number of methoxy groups -OCH3 is 2. The lowest BCUT2D eigenvalue weighted by Gasteiger charge is -2.39. The molecule has 0 heterocycles. The van der Waals surface area contributed by atoms with Crippen LogP contribution in [0.3, 0.4) is 0 Å². The largest absolute Gasteiger partial charge is 0.496 e. The summed E-state index contributed by atoms with van der Waals surface area (Å²) < 4.78 is 10.2. The second-order valence-corrected chi connectivity index (χ2v) is 7.76. The Kier molecular flexibility index (Phi) is 5.62. The standard InChI is InChI=1S/C19H30N2O3/c1-12-6-14(11-19(2,3)10-12)21-16-9-17(23-4)13(7-15(16)20)8-18(22)24-5/h7,9,12,14,21H,6,8,10-11,20H2,1-5H3. The van der Waals surface area contributed by atoms with Crippen LogP contribution in [0.4, 0.5) is 11.4 Å². The molecule has 0 saturated heterocycles. The van der Waals surface area contributed by atoms with Crippen LogP contribution in [0.1, 0.15) is 45.6 Å². The van der Waals surface area contributed by atoms with Crippen molar-refractivity contribution in [2.24, 2.45) is 11.3 Å². The Morgan fingerprint density at radius 1 is 1.33 bits per heavy atom. The third-order valence-electron chi connectivity index (χ3n) is 4.76. The number of esters is 1. The van der Waals surface area contributed by atoms with Crippen LogP contribution in [0.15, 0.2) is 12.1 Å². The highest BCUT2D eigenvalue weighted by atomic mass is 16.5. The Balaban J connectivity index is 2.20. The van der Waals surface area contributed by atoms with Crippen LogP contribution in [-0.2, 0) is 16.0 Å². The number of benzene rings is 1. The van der Waals surface area contributed by atoms with Gasteiger partial charge in [0.15, 0.2) is 0 Å². The van der Waals surface area contributed by atoms with Gasteiger partial charge < -0.3 is 20.5 Å². The minimum atomic E-state index is -0.309. The van der Waals surface area contributed by atoms with Gasteiger partial charge in [0, 0.05) is 17.7 Å². The lowest BCUT2D eigenvalue weighted by atomic mass is 9.70. The molecular weight excluding hydrogens is 304 g/mol. The lowest BCUT2D eigenvalue weighted by molar-refractivity contribution is -0.139. The predicted octanol–water partition coefficient (Wildman–Crippen LogP) is 3.62. The van der Waals surface area contributed by atoms with Crippen LogP contribution in [-0.4, -0.2) is 26.2 Å². The van der Waals surface area contributed by atoms with E-state index in [4.69, 9.17) is 15.2 Å². The van der Waals surface area contributed by atoms with E-state index in [-0.39, 0.29) is 12.4 Å². The molecule has 5 heteroatoms. The summed E-state index contributed by atoms with van der Waals surface area (Å²) in [7, 11) is 2.97. The smallest absolute Gasteiger partial charge is 0.310 e. The molecule has 0 radical (unpaired) electrons. The molecule has 0 aromatic heterocycles. The molecule has 1 aromatic carbocycles. The maximum absolute atomic E-state index is 11.5. The van der Waals surface area contributed by atoms with Gasteiger partial charge in [-0.05, 0) is 36.7 Å². The molecule has 2 rings (SSSR count). The highest BCUT2D eigenvalue weighted by Gasteiger charge is 2.32. The Morgan fingerprint density at radius 2 is 2.04 bits per heavy atom. The van der Waals surface area contributed by atoms with Crippen molar-refractivity contribution < 1.29 is 14.3 Å². The molecule has 0 bridgehead atoms. The fourth-order valence-corrected chi connectivity index (χ4v) is 4.00. The number of anilines is 2. The minimum Gasteiger partial charge on any atom is -0.496 e. The van der Waals surface area contributed by atoms with Crippen LogP contribution in [0, 0.1) is 11.3 Å². The van der Waals surface area contributed by atoms with Crippen LogP contribution in [0.2, 0.25) is 0 Å². The van der Waals surface area contributed by atoms with Gasteiger partial charge in [-0.2, -0.15) is 0 Å². The Hall–Kier alpha value is -1.91. The second kappa shape index (κ2) is 7.32. The first-order valence-corrected chi connectivity index (χ1v) is 8.54. The fourth-order valence-electron chi connectivity index (χ4n) is 4.00. The summed E-state index contributed by atoms with van der Waals surface area (Å²) in [5, 5.41) is 3.58. The summed E-state index contributed by atoms with van der Waals surface area (Å²) in [6, 6.07) is 4.08. The van der Waals surface area contributed by atoms with Gasteiger partial charge in [-0.25, -0.2) is 0 Å². The first kappa shape index (κ1) is 18.4. The summed E-state index contributed by atoms with van der Waals surface area (Å²) in [6.45, 7) is 6.94. The molecule has 3 N–H and O–H groups in total. The van der Waals surface area contributed by atoms with Crippen LogP contribution >= 0.6 is 0 Å². The Bertz CT molecular complexity index is 599.